The summed E-state index contributed by atoms with van der Waals surface area (Å²) in [6, 6.07) is 0.768. The molecule has 1 rings (SSSR count). The SMILES string of the molecule is CCCC(C)NCC(C)N1CCSCC1S(=O)(=O)CC. The van der Waals surface area contributed by atoms with Gasteiger partial charge >= 0.3 is 0 Å². The summed E-state index contributed by atoms with van der Waals surface area (Å²) in [7, 11) is -2.99. The first-order valence-corrected chi connectivity index (χ1v) is 10.6. The molecule has 0 radical (unpaired) electrons. The molecule has 6 heteroatoms. The minimum atomic E-state index is -2.99. The average molecular weight is 323 g/mol. The molecule has 0 spiro atoms. The van der Waals surface area contributed by atoms with E-state index in [4.69, 9.17) is 0 Å². The van der Waals surface area contributed by atoms with Crippen molar-refractivity contribution in [1.82, 2.24) is 10.2 Å². The smallest absolute Gasteiger partial charge is 0.166 e. The first kappa shape index (κ1) is 18.3. The fourth-order valence-electron chi connectivity index (χ4n) is 2.62. The molecule has 0 saturated carbocycles. The Kier molecular flexibility index (Phi) is 7.87. The summed E-state index contributed by atoms with van der Waals surface area (Å²) >= 11 is 1.76. The fraction of sp³-hybridized carbons (Fsp3) is 1.00. The molecule has 3 atom stereocenters. The number of hydrogen-bond acceptors (Lipinski definition) is 5. The van der Waals surface area contributed by atoms with E-state index in [0.29, 0.717) is 11.8 Å². The van der Waals surface area contributed by atoms with Crippen LogP contribution in [0.3, 0.4) is 0 Å². The van der Waals surface area contributed by atoms with E-state index in [9.17, 15) is 8.42 Å². The average Bonchev–Trinajstić information content (AvgIpc) is 2.45. The summed E-state index contributed by atoms with van der Waals surface area (Å²) in [6.07, 6.45) is 2.34. The number of nitrogens with zero attached hydrogens (tertiary/aromatic N) is 1. The van der Waals surface area contributed by atoms with E-state index in [1.165, 1.54) is 12.8 Å². The van der Waals surface area contributed by atoms with E-state index >= 15 is 0 Å². The zero-order valence-electron chi connectivity index (χ0n) is 13.3. The van der Waals surface area contributed by atoms with Crippen LogP contribution in [0.25, 0.3) is 0 Å². The lowest BCUT2D eigenvalue weighted by Gasteiger charge is -2.39. The second kappa shape index (κ2) is 8.61. The molecule has 0 aromatic heterocycles. The van der Waals surface area contributed by atoms with Gasteiger partial charge in [-0.05, 0) is 20.3 Å². The van der Waals surface area contributed by atoms with Crippen LogP contribution in [0, 0.1) is 0 Å². The quantitative estimate of drug-likeness (QED) is 0.740. The predicted molar refractivity (Wildman–Crippen MR) is 89.1 cm³/mol. The van der Waals surface area contributed by atoms with Crippen molar-refractivity contribution in [3.8, 4) is 0 Å². The van der Waals surface area contributed by atoms with Crippen LogP contribution >= 0.6 is 11.8 Å². The molecule has 20 heavy (non-hydrogen) atoms. The summed E-state index contributed by atoms with van der Waals surface area (Å²) in [5, 5.41) is 3.23. The van der Waals surface area contributed by atoms with E-state index in [-0.39, 0.29) is 17.2 Å². The third kappa shape index (κ3) is 5.20. The topological polar surface area (TPSA) is 49.4 Å². The number of sulfone groups is 1. The maximum Gasteiger partial charge on any atom is 0.166 e. The van der Waals surface area contributed by atoms with Gasteiger partial charge < -0.3 is 5.32 Å². The second-order valence-corrected chi connectivity index (χ2v) is 9.26. The zero-order valence-corrected chi connectivity index (χ0v) is 14.9. The molecule has 1 N–H and O–H groups in total. The molecule has 1 aliphatic rings. The van der Waals surface area contributed by atoms with Crippen LogP contribution in [0.4, 0.5) is 0 Å². The molecule has 4 nitrogen and oxygen atoms in total. The van der Waals surface area contributed by atoms with Gasteiger partial charge in [0.15, 0.2) is 9.84 Å². The lowest BCUT2D eigenvalue weighted by atomic mass is 10.2. The number of thioether (sulfide) groups is 1. The summed E-state index contributed by atoms with van der Waals surface area (Å²) in [5.74, 6) is 1.98. The molecule has 0 aromatic carbocycles. The molecule has 120 valence electrons. The largest absolute Gasteiger partial charge is 0.313 e. The van der Waals surface area contributed by atoms with Crippen LogP contribution < -0.4 is 5.32 Å². The van der Waals surface area contributed by atoms with Crippen LogP contribution in [0.15, 0.2) is 0 Å². The van der Waals surface area contributed by atoms with Crippen molar-refractivity contribution in [3.63, 3.8) is 0 Å². The van der Waals surface area contributed by atoms with Gasteiger partial charge in [-0.15, -0.1) is 0 Å². The lowest BCUT2D eigenvalue weighted by molar-refractivity contribution is 0.196. The Morgan fingerprint density at radius 2 is 2.05 bits per heavy atom. The predicted octanol–water partition coefficient (Wildman–Crippen LogP) is 1.96. The normalized spacial score (nSPS) is 24.5. The standard InChI is InChI=1S/C14H30N2O2S2/c1-5-7-12(3)15-10-13(4)16-8-9-19-11-14(16)20(17,18)6-2/h12-15H,5-11H2,1-4H3. The van der Waals surface area contributed by atoms with Gasteiger partial charge in [-0.2, -0.15) is 11.8 Å². The molecule has 1 heterocycles. The van der Waals surface area contributed by atoms with Crippen LogP contribution in [0.2, 0.25) is 0 Å². The van der Waals surface area contributed by atoms with E-state index < -0.39 is 9.84 Å². The van der Waals surface area contributed by atoms with Gasteiger partial charge in [0.25, 0.3) is 0 Å². The Hall–Kier alpha value is 0.220. The maximum absolute atomic E-state index is 12.2. The summed E-state index contributed by atoms with van der Waals surface area (Å²) in [6.45, 7) is 10.0. The fourth-order valence-corrected chi connectivity index (χ4v) is 5.75. The van der Waals surface area contributed by atoms with Crippen LogP contribution in [-0.2, 0) is 9.84 Å². The molecular formula is C14H30N2O2S2. The van der Waals surface area contributed by atoms with Crippen molar-refractivity contribution in [2.75, 3.05) is 30.3 Å². The molecule has 3 unspecified atom stereocenters. The van der Waals surface area contributed by atoms with Crippen molar-refractivity contribution in [3.05, 3.63) is 0 Å². The minimum Gasteiger partial charge on any atom is -0.313 e. The van der Waals surface area contributed by atoms with Crippen molar-refractivity contribution < 1.29 is 8.42 Å². The Balaban J connectivity index is 2.61. The molecule has 1 aliphatic heterocycles. The first-order valence-electron chi connectivity index (χ1n) is 7.70. The Labute approximate surface area is 129 Å². The lowest BCUT2D eigenvalue weighted by Crippen LogP contribution is -2.54. The first-order chi connectivity index (χ1) is 9.42. The zero-order chi connectivity index (χ0) is 15.2. The van der Waals surface area contributed by atoms with E-state index in [1.54, 1.807) is 18.7 Å². The Morgan fingerprint density at radius 3 is 2.65 bits per heavy atom. The third-order valence-corrected chi connectivity index (χ3v) is 7.30. The van der Waals surface area contributed by atoms with Gasteiger partial charge in [-0.25, -0.2) is 8.42 Å². The third-order valence-electron chi connectivity index (χ3n) is 3.99. The molecule has 0 aromatic rings. The van der Waals surface area contributed by atoms with Crippen molar-refractivity contribution >= 4 is 21.6 Å². The van der Waals surface area contributed by atoms with Gasteiger partial charge in [-0.3, -0.25) is 4.90 Å². The molecule has 0 bridgehead atoms. The summed E-state index contributed by atoms with van der Waals surface area (Å²) in [4.78, 5) is 2.18. The minimum absolute atomic E-state index is 0.237. The van der Waals surface area contributed by atoms with Crippen molar-refractivity contribution in [2.24, 2.45) is 0 Å². The highest BCUT2D eigenvalue weighted by molar-refractivity contribution is 8.01. The van der Waals surface area contributed by atoms with Crippen LogP contribution in [-0.4, -0.2) is 61.1 Å². The van der Waals surface area contributed by atoms with Crippen LogP contribution in [0.1, 0.15) is 40.5 Å². The van der Waals surface area contributed by atoms with Gasteiger partial charge in [0.1, 0.15) is 5.37 Å². The van der Waals surface area contributed by atoms with Crippen molar-refractivity contribution in [2.45, 2.75) is 58.0 Å². The van der Waals surface area contributed by atoms with Crippen LogP contribution in [0.5, 0.6) is 0 Å². The summed E-state index contributed by atoms with van der Waals surface area (Å²) in [5.41, 5.74) is 0. The maximum atomic E-state index is 12.2. The van der Waals surface area contributed by atoms with E-state index in [0.717, 1.165) is 18.8 Å². The van der Waals surface area contributed by atoms with Gasteiger partial charge in [-0.1, -0.05) is 20.3 Å². The number of rotatable bonds is 8. The molecule has 0 aliphatic carbocycles. The molecule has 1 saturated heterocycles. The summed E-state index contributed by atoms with van der Waals surface area (Å²) < 4.78 is 24.5. The van der Waals surface area contributed by atoms with E-state index in [1.807, 2.05) is 0 Å². The molecular weight excluding hydrogens is 292 g/mol. The second-order valence-electron chi connectivity index (χ2n) is 5.67. The van der Waals surface area contributed by atoms with Gasteiger partial charge in [0, 0.05) is 42.4 Å². The van der Waals surface area contributed by atoms with Gasteiger partial charge in [0.2, 0.25) is 0 Å². The highest BCUT2D eigenvalue weighted by atomic mass is 32.2. The monoisotopic (exact) mass is 322 g/mol. The van der Waals surface area contributed by atoms with E-state index in [2.05, 4.69) is 31.0 Å². The molecule has 0 amide bonds. The highest BCUT2D eigenvalue weighted by Crippen LogP contribution is 2.23. The number of nitrogens with one attached hydrogen (secondary N) is 1. The Bertz CT molecular complexity index is 373. The highest BCUT2D eigenvalue weighted by Gasteiger charge is 2.35. The van der Waals surface area contributed by atoms with Gasteiger partial charge in [0.05, 0.1) is 0 Å². The Morgan fingerprint density at radius 1 is 1.35 bits per heavy atom. The number of hydrogen-bond donors (Lipinski definition) is 1. The van der Waals surface area contributed by atoms with Crippen molar-refractivity contribution in [1.29, 1.82) is 0 Å². The molecule has 1 fully saturated rings.